The van der Waals surface area contributed by atoms with Gasteiger partial charge in [-0.2, -0.15) is 5.26 Å². The molecule has 1 aromatic carbocycles. The van der Waals surface area contributed by atoms with Crippen LogP contribution in [0.4, 0.5) is 0 Å². The normalized spacial score (nSPS) is 20.6. The number of rotatable bonds is 2. The molecule has 2 heteroatoms. The quantitative estimate of drug-likeness (QED) is 0.765. The van der Waals surface area contributed by atoms with Gasteiger partial charge >= 0.3 is 0 Å². The summed E-state index contributed by atoms with van der Waals surface area (Å²) < 4.78 is 0. The lowest BCUT2D eigenvalue weighted by Gasteiger charge is -2.09. The molecule has 1 heterocycles. The number of hydrogen-bond donors (Lipinski definition) is 1. The summed E-state index contributed by atoms with van der Waals surface area (Å²) in [4.78, 5) is 0. The van der Waals surface area contributed by atoms with Crippen molar-refractivity contribution in [2.24, 2.45) is 0 Å². The molecule has 0 spiro atoms. The first-order chi connectivity index (χ1) is 6.88. The van der Waals surface area contributed by atoms with Gasteiger partial charge in [0.25, 0.3) is 0 Å². The summed E-state index contributed by atoms with van der Waals surface area (Å²) in [7, 11) is 0. The minimum absolute atomic E-state index is 0.615. The van der Waals surface area contributed by atoms with Gasteiger partial charge in [0.05, 0.1) is 11.6 Å². The zero-order chi connectivity index (χ0) is 9.80. The second kappa shape index (κ2) is 4.26. The van der Waals surface area contributed by atoms with E-state index in [1.807, 2.05) is 18.2 Å². The summed E-state index contributed by atoms with van der Waals surface area (Å²) in [5.41, 5.74) is 2.03. The average Bonchev–Trinajstić information content (AvgIpc) is 2.71. The van der Waals surface area contributed by atoms with Crippen LogP contribution in [0.15, 0.2) is 24.3 Å². The lowest BCUT2D eigenvalue weighted by atomic mass is 10.0. The summed E-state index contributed by atoms with van der Waals surface area (Å²) in [5.74, 6) is 0. The lowest BCUT2D eigenvalue weighted by molar-refractivity contribution is 0.603. The van der Waals surface area contributed by atoms with E-state index in [-0.39, 0.29) is 0 Å². The minimum atomic E-state index is 0.615. The maximum atomic E-state index is 8.76. The van der Waals surface area contributed by atoms with Crippen molar-refractivity contribution in [3.05, 3.63) is 35.4 Å². The second-order valence-corrected chi connectivity index (χ2v) is 3.81. The van der Waals surface area contributed by atoms with Crippen LogP contribution < -0.4 is 5.32 Å². The summed E-state index contributed by atoms with van der Waals surface area (Å²) in [6.07, 6.45) is 3.59. The average molecular weight is 186 g/mol. The van der Waals surface area contributed by atoms with Gasteiger partial charge in [-0.1, -0.05) is 12.1 Å². The van der Waals surface area contributed by atoms with Crippen LogP contribution in [-0.2, 0) is 6.42 Å². The van der Waals surface area contributed by atoms with Gasteiger partial charge in [0, 0.05) is 6.04 Å². The van der Waals surface area contributed by atoms with E-state index >= 15 is 0 Å². The molecule has 1 N–H and O–H groups in total. The van der Waals surface area contributed by atoms with Gasteiger partial charge in [0.15, 0.2) is 0 Å². The van der Waals surface area contributed by atoms with Gasteiger partial charge in [-0.05, 0) is 43.5 Å². The van der Waals surface area contributed by atoms with E-state index in [1.165, 1.54) is 18.4 Å². The van der Waals surface area contributed by atoms with Crippen molar-refractivity contribution in [2.75, 3.05) is 6.54 Å². The van der Waals surface area contributed by atoms with E-state index < -0.39 is 0 Å². The van der Waals surface area contributed by atoms with E-state index in [1.54, 1.807) is 0 Å². The third-order valence-corrected chi connectivity index (χ3v) is 2.70. The fourth-order valence-electron chi connectivity index (χ4n) is 1.98. The predicted octanol–water partition coefficient (Wildman–Crippen LogP) is 1.85. The van der Waals surface area contributed by atoms with Gasteiger partial charge in [-0.25, -0.2) is 0 Å². The molecular formula is C12H14N2. The van der Waals surface area contributed by atoms with Crippen molar-refractivity contribution in [2.45, 2.75) is 25.3 Å². The van der Waals surface area contributed by atoms with Crippen LogP contribution >= 0.6 is 0 Å². The minimum Gasteiger partial charge on any atom is -0.314 e. The van der Waals surface area contributed by atoms with Gasteiger partial charge < -0.3 is 5.32 Å². The van der Waals surface area contributed by atoms with E-state index in [0.717, 1.165) is 18.5 Å². The Balaban J connectivity index is 2.05. The van der Waals surface area contributed by atoms with E-state index in [2.05, 4.69) is 17.5 Å². The Morgan fingerprint density at radius 3 is 3.14 bits per heavy atom. The Hall–Kier alpha value is -1.33. The maximum absolute atomic E-state index is 8.76. The molecule has 0 amide bonds. The van der Waals surface area contributed by atoms with Crippen molar-refractivity contribution in [1.82, 2.24) is 5.32 Å². The highest BCUT2D eigenvalue weighted by atomic mass is 14.9. The summed E-state index contributed by atoms with van der Waals surface area (Å²) >= 11 is 0. The number of hydrogen-bond acceptors (Lipinski definition) is 2. The van der Waals surface area contributed by atoms with Gasteiger partial charge in [-0.3, -0.25) is 0 Å². The molecule has 1 saturated heterocycles. The van der Waals surface area contributed by atoms with Gasteiger partial charge in [0.1, 0.15) is 0 Å². The Bertz CT molecular complexity index is 346. The Morgan fingerprint density at radius 1 is 1.50 bits per heavy atom. The second-order valence-electron chi connectivity index (χ2n) is 3.81. The molecule has 72 valence electrons. The molecular weight excluding hydrogens is 172 g/mol. The Kier molecular flexibility index (Phi) is 2.81. The van der Waals surface area contributed by atoms with E-state index in [9.17, 15) is 0 Å². The summed E-state index contributed by atoms with van der Waals surface area (Å²) in [5, 5.41) is 12.2. The number of nitrogens with one attached hydrogen (secondary N) is 1. The van der Waals surface area contributed by atoms with Gasteiger partial charge in [0.2, 0.25) is 0 Å². The van der Waals surface area contributed by atoms with Gasteiger partial charge in [-0.15, -0.1) is 0 Å². The molecule has 1 aromatic rings. The molecule has 0 aromatic heterocycles. The topological polar surface area (TPSA) is 35.8 Å². The molecule has 0 radical (unpaired) electrons. The third kappa shape index (κ3) is 2.12. The van der Waals surface area contributed by atoms with Crippen LogP contribution in [0.1, 0.15) is 24.0 Å². The van der Waals surface area contributed by atoms with Crippen LogP contribution in [-0.4, -0.2) is 12.6 Å². The van der Waals surface area contributed by atoms with Crippen LogP contribution in [0.3, 0.4) is 0 Å². The van der Waals surface area contributed by atoms with Crippen LogP contribution in [0.25, 0.3) is 0 Å². The SMILES string of the molecule is N#Cc1cccc(CC2CCCN2)c1. The van der Waals surface area contributed by atoms with Crippen LogP contribution in [0.5, 0.6) is 0 Å². The molecule has 1 aliphatic rings. The van der Waals surface area contributed by atoms with Crippen LogP contribution in [0.2, 0.25) is 0 Å². The molecule has 0 aliphatic carbocycles. The maximum Gasteiger partial charge on any atom is 0.0991 e. The lowest BCUT2D eigenvalue weighted by Crippen LogP contribution is -2.23. The fourth-order valence-corrected chi connectivity index (χ4v) is 1.98. The van der Waals surface area contributed by atoms with Crippen molar-refractivity contribution in [3.63, 3.8) is 0 Å². The van der Waals surface area contributed by atoms with E-state index in [4.69, 9.17) is 5.26 Å². The first kappa shape index (κ1) is 9.23. The van der Waals surface area contributed by atoms with Crippen molar-refractivity contribution in [3.8, 4) is 6.07 Å². The first-order valence-electron chi connectivity index (χ1n) is 5.11. The first-order valence-corrected chi connectivity index (χ1v) is 5.11. The number of nitriles is 1. The molecule has 2 rings (SSSR count). The predicted molar refractivity (Wildman–Crippen MR) is 55.9 cm³/mol. The fraction of sp³-hybridized carbons (Fsp3) is 0.417. The monoisotopic (exact) mass is 186 g/mol. The Labute approximate surface area is 84.6 Å². The number of benzene rings is 1. The molecule has 1 aliphatic heterocycles. The smallest absolute Gasteiger partial charge is 0.0991 e. The summed E-state index contributed by atoms with van der Waals surface area (Å²) in [6, 6.07) is 10.7. The van der Waals surface area contributed by atoms with Crippen LogP contribution in [0, 0.1) is 11.3 Å². The highest BCUT2D eigenvalue weighted by Gasteiger charge is 2.14. The van der Waals surface area contributed by atoms with E-state index in [0.29, 0.717) is 6.04 Å². The third-order valence-electron chi connectivity index (χ3n) is 2.70. The summed E-state index contributed by atoms with van der Waals surface area (Å²) in [6.45, 7) is 1.14. The standard InChI is InChI=1S/C12H14N2/c13-9-11-4-1-3-10(7-11)8-12-5-2-6-14-12/h1,3-4,7,12,14H,2,5-6,8H2. The zero-order valence-electron chi connectivity index (χ0n) is 8.16. The molecule has 0 bridgehead atoms. The molecule has 2 nitrogen and oxygen atoms in total. The highest BCUT2D eigenvalue weighted by Crippen LogP contribution is 2.13. The van der Waals surface area contributed by atoms with Crippen molar-refractivity contribution < 1.29 is 0 Å². The molecule has 0 saturated carbocycles. The Morgan fingerprint density at radius 2 is 2.43 bits per heavy atom. The molecule has 1 fully saturated rings. The van der Waals surface area contributed by atoms with Crippen molar-refractivity contribution >= 4 is 0 Å². The number of nitrogens with zero attached hydrogens (tertiary/aromatic N) is 1. The zero-order valence-corrected chi connectivity index (χ0v) is 8.16. The molecule has 1 atom stereocenters. The largest absolute Gasteiger partial charge is 0.314 e. The highest BCUT2D eigenvalue weighted by molar-refractivity contribution is 5.33. The van der Waals surface area contributed by atoms with Crippen molar-refractivity contribution in [1.29, 1.82) is 5.26 Å². The molecule has 14 heavy (non-hydrogen) atoms. The molecule has 1 unspecified atom stereocenters.